The summed E-state index contributed by atoms with van der Waals surface area (Å²) in [7, 11) is 0. The number of aliphatic imine (C=N–C) groups is 1. The maximum Gasteiger partial charge on any atom is 0.0260 e. The average molecular weight is 194 g/mol. The van der Waals surface area contributed by atoms with Crippen LogP contribution in [0.1, 0.15) is 27.2 Å². The van der Waals surface area contributed by atoms with E-state index in [1.807, 2.05) is 6.08 Å². The normalized spacial score (nSPS) is 14.6. The predicted octanol–water partition coefficient (Wildman–Crippen LogP) is 2.78. The predicted molar refractivity (Wildman–Crippen MR) is 64.8 cm³/mol. The molecule has 1 atom stereocenters. The molecule has 0 aromatic rings. The molecule has 0 spiro atoms. The molecule has 0 aromatic carbocycles. The van der Waals surface area contributed by atoms with E-state index in [-0.39, 0.29) is 0 Å². The van der Waals surface area contributed by atoms with Gasteiger partial charge in [0.1, 0.15) is 0 Å². The molecule has 0 amide bonds. The van der Waals surface area contributed by atoms with Gasteiger partial charge < -0.3 is 5.32 Å². The van der Waals surface area contributed by atoms with E-state index in [4.69, 9.17) is 0 Å². The lowest BCUT2D eigenvalue weighted by Gasteiger charge is -2.09. The quantitative estimate of drug-likeness (QED) is 0.489. The van der Waals surface area contributed by atoms with Crippen LogP contribution in [0.3, 0.4) is 0 Å². The molecule has 0 fully saturated rings. The second-order valence-corrected chi connectivity index (χ2v) is 3.68. The summed E-state index contributed by atoms with van der Waals surface area (Å²) >= 11 is 0. The third-order valence-corrected chi connectivity index (χ3v) is 2.17. The summed E-state index contributed by atoms with van der Waals surface area (Å²) in [6.07, 6.45) is 6.89. The molecule has 0 aliphatic carbocycles. The Hall–Kier alpha value is -0.890. The lowest BCUT2D eigenvalue weighted by atomic mass is 10.1. The zero-order valence-corrected chi connectivity index (χ0v) is 9.59. The van der Waals surface area contributed by atoms with E-state index in [1.54, 1.807) is 6.20 Å². The third kappa shape index (κ3) is 7.74. The van der Waals surface area contributed by atoms with Crippen LogP contribution in [-0.4, -0.2) is 19.8 Å². The van der Waals surface area contributed by atoms with Crippen LogP contribution in [0.25, 0.3) is 0 Å². The highest BCUT2D eigenvalue weighted by molar-refractivity contribution is 5.26. The highest BCUT2D eigenvalue weighted by Crippen LogP contribution is 1.98. The van der Waals surface area contributed by atoms with E-state index in [9.17, 15) is 0 Å². The van der Waals surface area contributed by atoms with Crippen molar-refractivity contribution in [3.63, 3.8) is 0 Å². The number of hydrogen-bond acceptors (Lipinski definition) is 2. The maximum absolute atomic E-state index is 3.63. The molecule has 1 unspecified atom stereocenters. The van der Waals surface area contributed by atoms with E-state index in [1.165, 1.54) is 12.0 Å². The van der Waals surface area contributed by atoms with Gasteiger partial charge in [0.2, 0.25) is 0 Å². The Labute approximate surface area is 87.8 Å². The van der Waals surface area contributed by atoms with Crippen molar-refractivity contribution in [2.75, 3.05) is 13.1 Å². The van der Waals surface area contributed by atoms with Gasteiger partial charge in [0.05, 0.1) is 0 Å². The Morgan fingerprint density at radius 2 is 2.29 bits per heavy atom. The van der Waals surface area contributed by atoms with Crippen molar-refractivity contribution >= 4 is 6.72 Å². The molecular weight excluding hydrogens is 172 g/mol. The molecule has 0 bridgehead atoms. The number of rotatable bonds is 7. The molecule has 2 nitrogen and oxygen atoms in total. The topological polar surface area (TPSA) is 24.4 Å². The van der Waals surface area contributed by atoms with Crippen molar-refractivity contribution in [2.24, 2.45) is 10.9 Å². The minimum absolute atomic E-state index is 0.758. The van der Waals surface area contributed by atoms with Crippen LogP contribution in [0, 0.1) is 5.92 Å². The first-order valence-corrected chi connectivity index (χ1v) is 5.19. The minimum Gasteiger partial charge on any atom is -0.313 e. The molecule has 0 aromatic heterocycles. The Morgan fingerprint density at radius 3 is 2.86 bits per heavy atom. The van der Waals surface area contributed by atoms with Gasteiger partial charge in [-0.05, 0) is 32.2 Å². The number of nitrogens with zero attached hydrogens (tertiary/aromatic N) is 1. The molecule has 14 heavy (non-hydrogen) atoms. The monoisotopic (exact) mass is 194 g/mol. The fraction of sp³-hybridized carbons (Fsp3) is 0.583. The summed E-state index contributed by atoms with van der Waals surface area (Å²) in [5.41, 5.74) is 1.31. The highest BCUT2D eigenvalue weighted by atomic mass is 14.9. The highest BCUT2D eigenvalue weighted by Gasteiger charge is 1.96. The second-order valence-electron chi connectivity index (χ2n) is 3.68. The smallest absolute Gasteiger partial charge is 0.0260 e. The SMILES string of the molecule is C=N/C=C\C=C(/C)CNCC(C)CC. The van der Waals surface area contributed by atoms with E-state index in [2.05, 4.69) is 43.9 Å². The van der Waals surface area contributed by atoms with Gasteiger partial charge in [-0.2, -0.15) is 0 Å². The number of allylic oxidation sites excluding steroid dienone is 2. The Balaban J connectivity index is 3.62. The molecule has 2 heteroatoms. The molecule has 0 saturated heterocycles. The largest absolute Gasteiger partial charge is 0.313 e. The van der Waals surface area contributed by atoms with Crippen LogP contribution >= 0.6 is 0 Å². The van der Waals surface area contributed by atoms with Crippen LogP contribution in [0.15, 0.2) is 28.9 Å². The van der Waals surface area contributed by atoms with Crippen LogP contribution in [0.5, 0.6) is 0 Å². The Kier molecular flexibility index (Phi) is 8.14. The summed E-state index contributed by atoms with van der Waals surface area (Å²) in [4.78, 5) is 3.63. The van der Waals surface area contributed by atoms with Gasteiger partial charge in [0, 0.05) is 12.7 Å². The molecule has 80 valence electrons. The molecule has 0 saturated carbocycles. The van der Waals surface area contributed by atoms with Crippen molar-refractivity contribution in [3.8, 4) is 0 Å². The van der Waals surface area contributed by atoms with Gasteiger partial charge in [0.15, 0.2) is 0 Å². The van der Waals surface area contributed by atoms with Gasteiger partial charge in [0.25, 0.3) is 0 Å². The van der Waals surface area contributed by atoms with E-state index in [0.29, 0.717) is 0 Å². The van der Waals surface area contributed by atoms with Crippen molar-refractivity contribution in [2.45, 2.75) is 27.2 Å². The van der Waals surface area contributed by atoms with Gasteiger partial charge >= 0.3 is 0 Å². The summed E-state index contributed by atoms with van der Waals surface area (Å²) in [6.45, 7) is 12.0. The maximum atomic E-state index is 3.63. The van der Waals surface area contributed by atoms with Gasteiger partial charge in [-0.1, -0.05) is 31.9 Å². The van der Waals surface area contributed by atoms with Crippen LogP contribution in [0.2, 0.25) is 0 Å². The molecule has 0 rings (SSSR count). The zero-order valence-electron chi connectivity index (χ0n) is 9.59. The number of nitrogens with one attached hydrogen (secondary N) is 1. The van der Waals surface area contributed by atoms with Crippen LogP contribution in [-0.2, 0) is 0 Å². The lowest BCUT2D eigenvalue weighted by Crippen LogP contribution is -2.22. The Morgan fingerprint density at radius 1 is 1.57 bits per heavy atom. The standard InChI is InChI=1S/C12H22N2/c1-5-11(2)9-14-10-12(3)7-6-8-13-4/h6-8,11,14H,4-5,9-10H2,1-3H3/b8-6-,12-7+. The van der Waals surface area contributed by atoms with Crippen molar-refractivity contribution in [1.82, 2.24) is 5.32 Å². The number of hydrogen-bond donors (Lipinski definition) is 1. The molecule has 0 aliphatic rings. The molecular formula is C12H22N2. The first-order chi connectivity index (χ1) is 6.70. The average Bonchev–Trinajstić information content (AvgIpc) is 2.18. The van der Waals surface area contributed by atoms with Crippen molar-refractivity contribution in [1.29, 1.82) is 0 Å². The summed E-state index contributed by atoms with van der Waals surface area (Å²) in [5, 5.41) is 3.41. The first-order valence-electron chi connectivity index (χ1n) is 5.19. The fourth-order valence-corrected chi connectivity index (χ4v) is 0.987. The van der Waals surface area contributed by atoms with Crippen LogP contribution in [0.4, 0.5) is 0 Å². The molecule has 1 N–H and O–H groups in total. The van der Waals surface area contributed by atoms with Crippen molar-refractivity contribution in [3.05, 3.63) is 23.9 Å². The van der Waals surface area contributed by atoms with Gasteiger partial charge in [-0.25, -0.2) is 0 Å². The molecule has 0 radical (unpaired) electrons. The molecule has 0 aliphatic heterocycles. The Bertz CT molecular complexity index is 204. The minimum atomic E-state index is 0.758. The summed E-state index contributed by atoms with van der Waals surface area (Å²) in [6, 6.07) is 0. The molecule has 0 heterocycles. The van der Waals surface area contributed by atoms with Gasteiger partial charge in [-0.15, -0.1) is 0 Å². The lowest BCUT2D eigenvalue weighted by molar-refractivity contribution is 0.513. The van der Waals surface area contributed by atoms with E-state index < -0.39 is 0 Å². The summed E-state index contributed by atoms with van der Waals surface area (Å²) in [5.74, 6) is 0.758. The van der Waals surface area contributed by atoms with Crippen molar-refractivity contribution < 1.29 is 0 Å². The van der Waals surface area contributed by atoms with Gasteiger partial charge in [-0.3, -0.25) is 4.99 Å². The third-order valence-electron chi connectivity index (χ3n) is 2.17. The summed E-state index contributed by atoms with van der Waals surface area (Å²) < 4.78 is 0. The zero-order chi connectivity index (χ0) is 10.8. The van der Waals surface area contributed by atoms with Crippen LogP contribution < -0.4 is 5.32 Å². The van der Waals surface area contributed by atoms with E-state index >= 15 is 0 Å². The van der Waals surface area contributed by atoms with E-state index in [0.717, 1.165) is 19.0 Å². The fourth-order valence-electron chi connectivity index (χ4n) is 0.987. The second kappa shape index (κ2) is 8.70. The first kappa shape index (κ1) is 13.1.